The van der Waals surface area contributed by atoms with E-state index in [9.17, 15) is 4.79 Å². The van der Waals surface area contributed by atoms with Gasteiger partial charge in [-0.25, -0.2) is 0 Å². The number of hydrogen-bond acceptors (Lipinski definition) is 4. The minimum atomic E-state index is -0.542. The molecule has 2 aromatic rings. The van der Waals surface area contributed by atoms with Crippen molar-refractivity contribution in [1.29, 1.82) is 0 Å². The van der Waals surface area contributed by atoms with Crippen molar-refractivity contribution < 1.29 is 14.3 Å². The van der Waals surface area contributed by atoms with Crippen LogP contribution in [0.4, 0.5) is 0 Å². The summed E-state index contributed by atoms with van der Waals surface area (Å²) in [7, 11) is 0. The van der Waals surface area contributed by atoms with Gasteiger partial charge in [0.15, 0.2) is 0 Å². The molecule has 1 N–H and O–H groups in total. The van der Waals surface area contributed by atoms with E-state index in [-0.39, 0.29) is 18.1 Å². The van der Waals surface area contributed by atoms with Gasteiger partial charge in [0.25, 0.3) is 0 Å². The van der Waals surface area contributed by atoms with Gasteiger partial charge in [0.05, 0.1) is 24.4 Å². The van der Waals surface area contributed by atoms with Crippen molar-refractivity contribution in [2.75, 3.05) is 13.2 Å². The van der Waals surface area contributed by atoms with E-state index in [1.54, 1.807) is 13.1 Å². The number of ether oxygens (including phenoxy) is 2. The third-order valence-electron chi connectivity index (χ3n) is 4.33. The first-order valence-electron chi connectivity index (χ1n) is 8.73. The molecule has 3 rings (SSSR count). The highest BCUT2D eigenvalue weighted by Gasteiger charge is 2.23. The average molecular weight is 340 g/mol. The molecule has 0 unspecified atom stereocenters. The van der Waals surface area contributed by atoms with Crippen LogP contribution >= 0.6 is 0 Å². The molecular weight excluding hydrogens is 316 g/mol. The van der Waals surface area contributed by atoms with Gasteiger partial charge in [-0.05, 0) is 37.5 Å². The smallest absolute Gasteiger partial charge is 0.249 e. The SMILES string of the molecule is C[C@H](OC[C@H]1CCCO1)C(=O)N[C@H](c1ccccc1)c1ccccn1. The predicted octanol–water partition coefficient (Wildman–Crippen LogP) is 2.87. The van der Waals surface area contributed by atoms with E-state index in [0.29, 0.717) is 6.61 Å². The maximum absolute atomic E-state index is 12.6. The second-order valence-corrected chi connectivity index (χ2v) is 6.22. The van der Waals surface area contributed by atoms with Gasteiger partial charge in [-0.2, -0.15) is 0 Å². The molecule has 1 aromatic carbocycles. The van der Waals surface area contributed by atoms with Crippen LogP contribution in [0, 0.1) is 0 Å². The van der Waals surface area contributed by atoms with Crippen molar-refractivity contribution >= 4 is 5.91 Å². The summed E-state index contributed by atoms with van der Waals surface area (Å²) >= 11 is 0. The van der Waals surface area contributed by atoms with E-state index >= 15 is 0 Å². The third-order valence-corrected chi connectivity index (χ3v) is 4.33. The van der Waals surface area contributed by atoms with E-state index in [2.05, 4.69) is 10.3 Å². The van der Waals surface area contributed by atoms with E-state index < -0.39 is 6.10 Å². The number of carbonyl (C=O) groups is 1. The normalized spacial score (nSPS) is 19.3. The molecule has 0 aliphatic carbocycles. The lowest BCUT2D eigenvalue weighted by Crippen LogP contribution is -2.38. The highest BCUT2D eigenvalue weighted by molar-refractivity contribution is 5.81. The minimum absolute atomic E-state index is 0.107. The number of nitrogens with zero attached hydrogens (tertiary/aromatic N) is 1. The number of benzene rings is 1. The van der Waals surface area contributed by atoms with Gasteiger partial charge in [0.2, 0.25) is 5.91 Å². The molecule has 1 aliphatic rings. The van der Waals surface area contributed by atoms with E-state index in [1.165, 1.54) is 0 Å². The molecule has 1 saturated heterocycles. The lowest BCUT2D eigenvalue weighted by Gasteiger charge is -2.22. The summed E-state index contributed by atoms with van der Waals surface area (Å²) in [5.74, 6) is -0.155. The predicted molar refractivity (Wildman–Crippen MR) is 95.1 cm³/mol. The molecule has 1 aromatic heterocycles. The fourth-order valence-electron chi connectivity index (χ4n) is 2.88. The summed E-state index contributed by atoms with van der Waals surface area (Å²) in [6.45, 7) is 3.00. The molecule has 2 heterocycles. The van der Waals surface area contributed by atoms with Gasteiger partial charge >= 0.3 is 0 Å². The number of carbonyl (C=O) groups excluding carboxylic acids is 1. The van der Waals surface area contributed by atoms with Crippen LogP contribution < -0.4 is 5.32 Å². The highest BCUT2D eigenvalue weighted by Crippen LogP contribution is 2.20. The number of rotatable bonds is 7. The summed E-state index contributed by atoms with van der Waals surface area (Å²) in [6, 6.07) is 15.2. The van der Waals surface area contributed by atoms with Gasteiger partial charge in [-0.15, -0.1) is 0 Å². The Morgan fingerprint density at radius 2 is 2.08 bits per heavy atom. The average Bonchev–Trinajstić information content (AvgIpc) is 3.19. The van der Waals surface area contributed by atoms with Crippen LogP contribution in [-0.2, 0) is 14.3 Å². The molecule has 25 heavy (non-hydrogen) atoms. The van der Waals surface area contributed by atoms with Gasteiger partial charge in [-0.3, -0.25) is 9.78 Å². The second kappa shape index (κ2) is 8.74. The molecule has 0 saturated carbocycles. The molecule has 0 spiro atoms. The van der Waals surface area contributed by atoms with E-state index in [4.69, 9.17) is 9.47 Å². The van der Waals surface area contributed by atoms with Crippen LogP contribution in [0.5, 0.6) is 0 Å². The standard InChI is InChI=1S/C20H24N2O3/c1-15(25-14-17-10-7-13-24-17)20(23)22-19(16-8-3-2-4-9-16)18-11-5-6-12-21-18/h2-6,8-9,11-12,15,17,19H,7,10,13-14H2,1H3,(H,22,23)/t15-,17+,19+/m0/s1. The quantitative estimate of drug-likeness (QED) is 0.842. The zero-order chi connectivity index (χ0) is 17.5. The Morgan fingerprint density at radius 1 is 1.28 bits per heavy atom. The van der Waals surface area contributed by atoms with Crippen LogP contribution in [0.1, 0.15) is 37.1 Å². The van der Waals surface area contributed by atoms with E-state index in [0.717, 1.165) is 30.7 Å². The number of nitrogens with one attached hydrogen (secondary N) is 1. The zero-order valence-corrected chi connectivity index (χ0v) is 14.4. The summed E-state index contributed by atoms with van der Waals surface area (Å²) in [6.07, 6.45) is 3.35. The molecule has 3 atom stereocenters. The Kier molecular flexibility index (Phi) is 6.14. The summed E-state index contributed by atoms with van der Waals surface area (Å²) < 4.78 is 11.2. The lowest BCUT2D eigenvalue weighted by molar-refractivity contribution is -0.134. The van der Waals surface area contributed by atoms with Crippen molar-refractivity contribution in [3.05, 3.63) is 66.0 Å². The van der Waals surface area contributed by atoms with Crippen LogP contribution in [-0.4, -0.2) is 36.3 Å². The number of hydrogen-bond donors (Lipinski definition) is 1. The zero-order valence-electron chi connectivity index (χ0n) is 14.4. The summed E-state index contributed by atoms with van der Waals surface area (Å²) in [5.41, 5.74) is 1.79. The Hall–Kier alpha value is -2.24. The van der Waals surface area contributed by atoms with Crippen molar-refractivity contribution in [3.63, 3.8) is 0 Å². The number of aromatic nitrogens is 1. The van der Waals surface area contributed by atoms with Crippen molar-refractivity contribution in [1.82, 2.24) is 10.3 Å². The Balaban J connectivity index is 1.66. The second-order valence-electron chi connectivity index (χ2n) is 6.22. The first-order chi connectivity index (χ1) is 12.2. The minimum Gasteiger partial charge on any atom is -0.376 e. The number of amides is 1. The third kappa shape index (κ3) is 4.87. The fraction of sp³-hybridized carbons (Fsp3) is 0.400. The van der Waals surface area contributed by atoms with Crippen molar-refractivity contribution in [2.45, 2.75) is 38.0 Å². The molecular formula is C20H24N2O3. The molecule has 132 valence electrons. The van der Waals surface area contributed by atoms with Crippen LogP contribution in [0.25, 0.3) is 0 Å². The lowest BCUT2D eigenvalue weighted by atomic mass is 10.0. The van der Waals surface area contributed by atoms with Gasteiger partial charge in [-0.1, -0.05) is 36.4 Å². The molecule has 5 nitrogen and oxygen atoms in total. The fourth-order valence-corrected chi connectivity index (χ4v) is 2.88. The van der Waals surface area contributed by atoms with Crippen LogP contribution in [0.2, 0.25) is 0 Å². The summed E-state index contributed by atoms with van der Waals surface area (Å²) in [4.78, 5) is 17.0. The first-order valence-corrected chi connectivity index (χ1v) is 8.73. The Labute approximate surface area is 148 Å². The van der Waals surface area contributed by atoms with Crippen molar-refractivity contribution in [3.8, 4) is 0 Å². The van der Waals surface area contributed by atoms with Crippen molar-refractivity contribution in [2.24, 2.45) is 0 Å². The van der Waals surface area contributed by atoms with E-state index in [1.807, 2.05) is 48.5 Å². The maximum Gasteiger partial charge on any atom is 0.249 e. The molecule has 0 bridgehead atoms. The molecule has 0 radical (unpaired) electrons. The van der Waals surface area contributed by atoms with Crippen LogP contribution in [0.15, 0.2) is 54.7 Å². The highest BCUT2D eigenvalue weighted by atomic mass is 16.5. The number of pyridine rings is 1. The van der Waals surface area contributed by atoms with Crippen LogP contribution in [0.3, 0.4) is 0 Å². The van der Waals surface area contributed by atoms with Gasteiger partial charge < -0.3 is 14.8 Å². The summed E-state index contributed by atoms with van der Waals surface area (Å²) in [5, 5.41) is 3.06. The van der Waals surface area contributed by atoms with Gasteiger partial charge in [0.1, 0.15) is 6.10 Å². The molecule has 1 fully saturated rings. The Morgan fingerprint density at radius 3 is 2.76 bits per heavy atom. The topological polar surface area (TPSA) is 60.5 Å². The maximum atomic E-state index is 12.6. The largest absolute Gasteiger partial charge is 0.376 e. The molecule has 1 amide bonds. The Bertz CT molecular complexity index is 618. The first kappa shape index (κ1) is 17.6. The monoisotopic (exact) mass is 340 g/mol. The molecule has 5 heteroatoms. The molecule has 1 aliphatic heterocycles. The van der Waals surface area contributed by atoms with Gasteiger partial charge in [0, 0.05) is 12.8 Å².